The Morgan fingerprint density at radius 3 is 2.74 bits per heavy atom. The molecule has 23 heavy (non-hydrogen) atoms. The zero-order valence-electron chi connectivity index (χ0n) is 12.9. The second kappa shape index (κ2) is 7.05. The average Bonchev–Trinajstić information content (AvgIpc) is 2.63. The van der Waals surface area contributed by atoms with Crippen LogP contribution in [0.4, 0.5) is 0 Å². The highest BCUT2D eigenvalue weighted by Gasteiger charge is 2.22. The number of hydrogen-bond donors (Lipinski definition) is 0. The zero-order valence-corrected chi connectivity index (χ0v) is 12.9. The number of amides is 1. The number of carbonyl (C=O) groups is 1. The van der Waals surface area contributed by atoms with Crippen molar-refractivity contribution >= 4 is 5.91 Å². The summed E-state index contributed by atoms with van der Waals surface area (Å²) in [5, 5.41) is 7.70. The maximum Gasteiger partial charge on any atom is 0.245 e. The molecule has 0 atom stereocenters. The van der Waals surface area contributed by atoms with Crippen LogP contribution in [-0.2, 0) is 4.79 Å². The minimum Gasteiger partial charge on any atom is -0.490 e. The molecule has 2 heterocycles. The smallest absolute Gasteiger partial charge is 0.245 e. The Morgan fingerprint density at radius 1 is 1.22 bits per heavy atom. The van der Waals surface area contributed by atoms with Gasteiger partial charge in [0.15, 0.2) is 0 Å². The first kappa shape index (κ1) is 15.2. The molecular formula is C18H19N3O2. The fourth-order valence-electron chi connectivity index (χ4n) is 2.73. The van der Waals surface area contributed by atoms with Gasteiger partial charge in [-0.15, -0.1) is 0 Å². The van der Waals surface area contributed by atoms with E-state index in [1.165, 1.54) is 6.08 Å². The summed E-state index contributed by atoms with van der Waals surface area (Å²) in [6, 6.07) is 9.89. The van der Waals surface area contributed by atoms with Crippen LogP contribution >= 0.6 is 0 Å². The van der Waals surface area contributed by atoms with Gasteiger partial charge in [0.1, 0.15) is 11.9 Å². The van der Waals surface area contributed by atoms with Gasteiger partial charge in [-0.3, -0.25) is 4.79 Å². The molecule has 1 saturated heterocycles. The van der Waals surface area contributed by atoms with Crippen molar-refractivity contribution in [2.24, 2.45) is 0 Å². The second-order valence-electron chi connectivity index (χ2n) is 5.51. The fourth-order valence-corrected chi connectivity index (χ4v) is 2.73. The van der Waals surface area contributed by atoms with Crippen LogP contribution in [-0.4, -0.2) is 40.2 Å². The van der Waals surface area contributed by atoms with Crippen molar-refractivity contribution in [2.45, 2.75) is 18.9 Å². The number of likely N-dealkylation sites (tertiary alicyclic amines) is 1. The third-order valence-corrected chi connectivity index (χ3v) is 3.98. The molecule has 1 aromatic heterocycles. The number of carbonyl (C=O) groups excluding carboxylic acids is 1. The minimum atomic E-state index is -0.00404. The summed E-state index contributed by atoms with van der Waals surface area (Å²) in [5.74, 6) is 0.837. The number of benzene rings is 1. The van der Waals surface area contributed by atoms with Crippen LogP contribution in [0.15, 0.2) is 55.4 Å². The van der Waals surface area contributed by atoms with Gasteiger partial charge < -0.3 is 9.64 Å². The number of nitrogens with zero attached hydrogens (tertiary/aromatic N) is 3. The topological polar surface area (TPSA) is 55.3 Å². The highest BCUT2D eigenvalue weighted by molar-refractivity contribution is 5.87. The van der Waals surface area contributed by atoms with Crippen LogP contribution in [0.25, 0.3) is 11.1 Å². The Morgan fingerprint density at radius 2 is 2.04 bits per heavy atom. The minimum absolute atomic E-state index is 0.00404. The van der Waals surface area contributed by atoms with Crippen molar-refractivity contribution in [3.8, 4) is 16.9 Å². The van der Waals surface area contributed by atoms with Gasteiger partial charge in [-0.25, -0.2) is 0 Å². The molecule has 0 N–H and O–H groups in total. The van der Waals surface area contributed by atoms with Crippen LogP contribution in [0.3, 0.4) is 0 Å². The van der Waals surface area contributed by atoms with Gasteiger partial charge in [0.05, 0.1) is 12.4 Å². The second-order valence-corrected chi connectivity index (χ2v) is 5.51. The summed E-state index contributed by atoms with van der Waals surface area (Å²) >= 11 is 0. The molecule has 0 unspecified atom stereocenters. The fraction of sp³-hybridized carbons (Fsp3) is 0.278. The lowest BCUT2D eigenvalue weighted by atomic mass is 10.1. The van der Waals surface area contributed by atoms with Crippen molar-refractivity contribution in [1.29, 1.82) is 0 Å². The SMILES string of the molecule is C=CC(=O)N1CCC(Oc2cccc(-c3ccnnc3)c2)CC1. The van der Waals surface area contributed by atoms with Crippen molar-refractivity contribution in [2.75, 3.05) is 13.1 Å². The standard InChI is InChI=1S/C18H19N3O2/c1-2-18(22)21-10-7-16(8-11-21)23-17-5-3-4-14(12-17)15-6-9-19-20-13-15/h2-6,9,12-13,16H,1,7-8,10-11H2. The van der Waals surface area contributed by atoms with Gasteiger partial charge >= 0.3 is 0 Å². The van der Waals surface area contributed by atoms with E-state index in [1.54, 1.807) is 12.4 Å². The van der Waals surface area contributed by atoms with Crippen LogP contribution < -0.4 is 4.74 Å². The van der Waals surface area contributed by atoms with Crippen molar-refractivity contribution in [3.63, 3.8) is 0 Å². The monoisotopic (exact) mass is 309 g/mol. The Kier molecular flexibility index (Phi) is 4.66. The third kappa shape index (κ3) is 3.74. The largest absolute Gasteiger partial charge is 0.490 e. The van der Waals surface area contributed by atoms with Gasteiger partial charge in [-0.1, -0.05) is 18.7 Å². The first-order valence-electron chi connectivity index (χ1n) is 7.71. The van der Waals surface area contributed by atoms with E-state index >= 15 is 0 Å². The highest BCUT2D eigenvalue weighted by Crippen LogP contribution is 2.25. The molecule has 5 heteroatoms. The molecule has 0 aliphatic carbocycles. The van der Waals surface area contributed by atoms with E-state index in [9.17, 15) is 4.79 Å². The Hall–Kier alpha value is -2.69. The van der Waals surface area contributed by atoms with Crippen molar-refractivity contribution < 1.29 is 9.53 Å². The van der Waals surface area contributed by atoms with Gasteiger partial charge in [0.25, 0.3) is 0 Å². The Balaban J connectivity index is 1.63. The molecule has 0 bridgehead atoms. The van der Waals surface area contributed by atoms with E-state index in [0.717, 1.165) is 29.7 Å². The van der Waals surface area contributed by atoms with Crippen LogP contribution in [0.5, 0.6) is 5.75 Å². The molecule has 0 spiro atoms. The maximum absolute atomic E-state index is 11.6. The summed E-state index contributed by atoms with van der Waals surface area (Å²) in [5.41, 5.74) is 2.06. The van der Waals surface area contributed by atoms with E-state index in [-0.39, 0.29) is 12.0 Å². The van der Waals surface area contributed by atoms with E-state index in [1.807, 2.05) is 35.2 Å². The number of rotatable bonds is 4. The predicted molar refractivity (Wildman–Crippen MR) is 87.9 cm³/mol. The molecular weight excluding hydrogens is 290 g/mol. The first-order chi connectivity index (χ1) is 11.3. The summed E-state index contributed by atoms with van der Waals surface area (Å²) in [4.78, 5) is 13.4. The summed E-state index contributed by atoms with van der Waals surface area (Å²) in [7, 11) is 0. The molecule has 0 radical (unpaired) electrons. The lowest BCUT2D eigenvalue weighted by Crippen LogP contribution is -2.41. The molecule has 1 aliphatic heterocycles. The average molecular weight is 309 g/mol. The molecule has 2 aromatic rings. The van der Waals surface area contributed by atoms with E-state index < -0.39 is 0 Å². The molecule has 1 amide bonds. The summed E-state index contributed by atoms with van der Waals surface area (Å²) in [6.07, 6.45) is 6.58. The summed E-state index contributed by atoms with van der Waals surface area (Å²) < 4.78 is 6.08. The van der Waals surface area contributed by atoms with Gasteiger partial charge in [-0.2, -0.15) is 10.2 Å². The van der Waals surface area contributed by atoms with Crippen molar-refractivity contribution in [1.82, 2.24) is 15.1 Å². The number of ether oxygens (including phenoxy) is 1. The molecule has 1 aliphatic rings. The normalized spacial score (nSPS) is 15.2. The molecule has 1 aromatic carbocycles. The van der Waals surface area contributed by atoms with E-state index in [4.69, 9.17) is 4.74 Å². The lowest BCUT2D eigenvalue weighted by Gasteiger charge is -2.31. The molecule has 3 rings (SSSR count). The predicted octanol–water partition coefficient (Wildman–Crippen LogP) is 2.70. The van der Waals surface area contributed by atoms with Crippen molar-refractivity contribution in [3.05, 3.63) is 55.4 Å². The number of piperidine rings is 1. The maximum atomic E-state index is 11.6. The molecule has 5 nitrogen and oxygen atoms in total. The quantitative estimate of drug-likeness (QED) is 0.815. The zero-order chi connectivity index (χ0) is 16.1. The van der Waals surface area contributed by atoms with E-state index in [0.29, 0.717) is 13.1 Å². The first-order valence-corrected chi connectivity index (χ1v) is 7.71. The van der Waals surface area contributed by atoms with E-state index in [2.05, 4.69) is 16.8 Å². The van der Waals surface area contributed by atoms with Crippen LogP contribution in [0.2, 0.25) is 0 Å². The van der Waals surface area contributed by atoms with Gasteiger partial charge in [0.2, 0.25) is 5.91 Å². The molecule has 118 valence electrons. The summed E-state index contributed by atoms with van der Waals surface area (Å²) in [6.45, 7) is 4.95. The number of hydrogen-bond acceptors (Lipinski definition) is 4. The third-order valence-electron chi connectivity index (χ3n) is 3.98. The van der Waals surface area contributed by atoms with Crippen LogP contribution in [0, 0.1) is 0 Å². The van der Waals surface area contributed by atoms with Gasteiger partial charge in [-0.05, 0) is 29.8 Å². The molecule has 1 fully saturated rings. The lowest BCUT2D eigenvalue weighted by molar-refractivity contribution is -0.127. The number of aromatic nitrogens is 2. The highest BCUT2D eigenvalue weighted by atomic mass is 16.5. The Labute approximate surface area is 135 Å². The van der Waals surface area contributed by atoms with Gasteiger partial charge in [0, 0.05) is 31.5 Å². The van der Waals surface area contributed by atoms with Crippen LogP contribution in [0.1, 0.15) is 12.8 Å². The molecule has 0 saturated carbocycles. The Bertz CT molecular complexity index is 680.